The van der Waals surface area contributed by atoms with Crippen LogP contribution in [0.25, 0.3) is 5.70 Å². The zero-order valence-electron chi connectivity index (χ0n) is 28.1. The standard InChI is InChI=1S/C38H45N3O6/c1-36(2,3)47-35(46)41-20-28-9-7-6-8-26(28)17-31(41)33(44)21-40-24-37(4,5)30-16-27(10-11-29(30)32(40)23-43)34(45)39-14-12-38(13-15-39)18-25(19-38)22-42/h6-11,16,31,33,44H,12-15,17-21,24H2,1-5H3/t31-,33+/m1/s1. The molecule has 2 aromatic rings. The molecule has 2 atom stereocenters. The summed E-state index contributed by atoms with van der Waals surface area (Å²) in [5.74, 6) is 4.15. The van der Waals surface area contributed by atoms with Gasteiger partial charge in [-0.25, -0.2) is 14.4 Å². The number of nitrogens with zero attached hydrogens (tertiary/aromatic N) is 3. The molecule has 4 aliphatic rings. The van der Waals surface area contributed by atoms with E-state index >= 15 is 0 Å². The summed E-state index contributed by atoms with van der Waals surface area (Å²) in [5.41, 5.74) is 4.45. The van der Waals surface area contributed by atoms with Crippen LogP contribution in [0.1, 0.15) is 92.9 Å². The predicted molar refractivity (Wildman–Crippen MR) is 178 cm³/mol. The van der Waals surface area contributed by atoms with Crippen LogP contribution >= 0.6 is 0 Å². The summed E-state index contributed by atoms with van der Waals surface area (Å²) in [6.07, 6.45) is 2.36. The van der Waals surface area contributed by atoms with E-state index in [1.54, 1.807) is 11.0 Å². The molecule has 3 aliphatic heterocycles. The van der Waals surface area contributed by atoms with Gasteiger partial charge in [0.05, 0.1) is 12.1 Å². The zero-order chi connectivity index (χ0) is 33.7. The average molecular weight is 640 g/mol. The number of ether oxygens (including phenoxy) is 1. The van der Waals surface area contributed by atoms with Crippen LogP contribution < -0.4 is 0 Å². The van der Waals surface area contributed by atoms with Crippen LogP contribution in [0.2, 0.25) is 0 Å². The van der Waals surface area contributed by atoms with E-state index in [1.165, 1.54) is 0 Å². The fraction of sp³-hybridized carbons (Fsp3) is 0.526. The minimum Gasteiger partial charge on any atom is -0.444 e. The lowest BCUT2D eigenvalue weighted by Crippen LogP contribution is -2.55. The molecule has 248 valence electrons. The third-order valence-corrected chi connectivity index (χ3v) is 10.5. The summed E-state index contributed by atoms with van der Waals surface area (Å²) in [4.78, 5) is 55.8. The first-order valence-corrected chi connectivity index (χ1v) is 16.6. The normalized spacial score (nSPS) is 22.0. The molecule has 1 saturated heterocycles. The van der Waals surface area contributed by atoms with Crippen molar-refractivity contribution >= 4 is 29.6 Å². The van der Waals surface area contributed by atoms with Crippen molar-refractivity contribution in [3.63, 3.8) is 0 Å². The van der Waals surface area contributed by atoms with Crippen LogP contribution in [0.3, 0.4) is 0 Å². The highest BCUT2D eigenvalue weighted by molar-refractivity contribution is 5.96. The Kier molecular flexibility index (Phi) is 8.46. The summed E-state index contributed by atoms with van der Waals surface area (Å²) in [7, 11) is 0. The SMILES string of the molecule is CC(C)(C)OC(=O)N1Cc2ccccc2C[C@@H]1[C@@H](O)CN1CC(C)(C)c2cc(C(=O)N3CCC4(CC3)CC(=C=O)C4)ccc2C1=C=O. The maximum Gasteiger partial charge on any atom is 0.410 e. The Labute approximate surface area is 276 Å². The first-order valence-electron chi connectivity index (χ1n) is 16.6. The minimum absolute atomic E-state index is 0.0294. The van der Waals surface area contributed by atoms with E-state index in [9.17, 15) is 24.3 Å². The molecule has 9 heteroatoms. The molecule has 0 unspecified atom stereocenters. The lowest BCUT2D eigenvalue weighted by atomic mass is 9.61. The summed E-state index contributed by atoms with van der Waals surface area (Å²) >= 11 is 0. The third kappa shape index (κ3) is 6.40. The highest BCUT2D eigenvalue weighted by Gasteiger charge is 2.45. The highest BCUT2D eigenvalue weighted by atomic mass is 16.6. The van der Waals surface area contributed by atoms with E-state index in [2.05, 4.69) is 19.8 Å². The first kappa shape index (κ1) is 32.8. The number of piperidine rings is 1. The maximum atomic E-state index is 13.6. The van der Waals surface area contributed by atoms with E-state index in [1.807, 2.05) is 72.9 Å². The number of benzene rings is 2. The summed E-state index contributed by atoms with van der Waals surface area (Å²) in [5, 5.41) is 11.7. The molecule has 1 spiro atoms. The van der Waals surface area contributed by atoms with E-state index in [0.29, 0.717) is 49.4 Å². The van der Waals surface area contributed by atoms with Gasteiger partial charge in [-0.1, -0.05) is 44.2 Å². The van der Waals surface area contributed by atoms with Gasteiger partial charge in [-0.3, -0.25) is 9.69 Å². The summed E-state index contributed by atoms with van der Waals surface area (Å²) in [6.45, 7) is 11.8. The van der Waals surface area contributed by atoms with Crippen LogP contribution in [0.15, 0.2) is 48.0 Å². The van der Waals surface area contributed by atoms with Crippen molar-refractivity contribution in [2.75, 3.05) is 26.2 Å². The number of allylic oxidation sites excluding steroid dienone is 1. The number of carbonyl (C=O) groups is 2. The van der Waals surface area contributed by atoms with Gasteiger partial charge >= 0.3 is 6.09 Å². The first-order chi connectivity index (χ1) is 22.2. The van der Waals surface area contributed by atoms with Gasteiger partial charge in [-0.2, -0.15) is 0 Å². The van der Waals surface area contributed by atoms with Gasteiger partial charge in [0.2, 0.25) is 0 Å². The summed E-state index contributed by atoms with van der Waals surface area (Å²) < 4.78 is 5.74. The monoisotopic (exact) mass is 639 g/mol. The van der Waals surface area contributed by atoms with Crippen LogP contribution in [0.5, 0.6) is 0 Å². The molecule has 0 bridgehead atoms. The molecule has 2 amide bonds. The van der Waals surface area contributed by atoms with E-state index in [0.717, 1.165) is 47.9 Å². The molecule has 1 N–H and O–H groups in total. The number of aliphatic hydroxyl groups is 1. The van der Waals surface area contributed by atoms with Crippen LogP contribution in [-0.4, -0.2) is 87.6 Å². The van der Waals surface area contributed by atoms with Gasteiger partial charge in [0.15, 0.2) is 5.94 Å². The molecule has 9 nitrogen and oxygen atoms in total. The number of carbonyl (C=O) groups excluding carboxylic acids is 4. The van der Waals surface area contributed by atoms with E-state index in [4.69, 9.17) is 4.74 Å². The number of hydrogen-bond donors (Lipinski definition) is 1. The Balaban J connectivity index is 1.20. The number of likely N-dealkylation sites (tertiary alicyclic amines) is 1. The van der Waals surface area contributed by atoms with Gasteiger partial charge in [0, 0.05) is 54.8 Å². The zero-order valence-corrected chi connectivity index (χ0v) is 28.1. The molecular weight excluding hydrogens is 594 g/mol. The van der Waals surface area contributed by atoms with Crippen molar-refractivity contribution < 1.29 is 29.0 Å². The van der Waals surface area contributed by atoms with Gasteiger partial charge in [-0.15, -0.1) is 0 Å². The Morgan fingerprint density at radius 2 is 1.70 bits per heavy atom. The largest absolute Gasteiger partial charge is 0.444 e. The highest BCUT2D eigenvalue weighted by Crippen LogP contribution is 2.51. The molecular formula is C38H45N3O6. The topological polar surface area (TPSA) is 107 Å². The number of fused-ring (bicyclic) bond motifs is 2. The second-order valence-electron chi connectivity index (χ2n) is 15.5. The Bertz CT molecular complexity index is 1670. The van der Waals surface area contributed by atoms with Gasteiger partial charge in [0.1, 0.15) is 17.2 Å². The van der Waals surface area contributed by atoms with E-state index < -0.39 is 29.3 Å². The molecule has 0 radical (unpaired) electrons. The number of aliphatic hydroxyl groups excluding tert-OH is 1. The molecule has 3 heterocycles. The molecule has 2 aromatic carbocycles. The van der Waals surface area contributed by atoms with Crippen LogP contribution in [-0.2, 0) is 32.7 Å². The van der Waals surface area contributed by atoms with Crippen molar-refractivity contribution in [2.24, 2.45) is 5.41 Å². The van der Waals surface area contributed by atoms with Crippen LogP contribution in [0, 0.1) is 5.41 Å². The summed E-state index contributed by atoms with van der Waals surface area (Å²) in [6, 6.07) is 12.9. The molecule has 1 saturated carbocycles. The van der Waals surface area contributed by atoms with Crippen molar-refractivity contribution in [3.05, 3.63) is 75.9 Å². The Morgan fingerprint density at radius 1 is 1.02 bits per heavy atom. The predicted octanol–water partition coefficient (Wildman–Crippen LogP) is 4.95. The van der Waals surface area contributed by atoms with Crippen molar-refractivity contribution in [2.45, 2.75) is 96.4 Å². The fourth-order valence-electron chi connectivity index (χ4n) is 7.94. The third-order valence-electron chi connectivity index (χ3n) is 10.5. The van der Waals surface area contributed by atoms with Crippen molar-refractivity contribution in [1.29, 1.82) is 0 Å². The number of rotatable bonds is 4. The van der Waals surface area contributed by atoms with E-state index in [-0.39, 0.29) is 17.9 Å². The number of hydrogen-bond acceptors (Lipinski definition) is 7. The van der Waals surface area contributed by atoms with Gasteiger partial charge in [-0.05, 0) is 87.1 Å². The quantitative estimate of drug-likeness (QED) is 0.472. The van der Waals surface area contributed by atoms with Crippen LogP contribution in [0.4, 0.5) is 4.79 Å². The van der Waals surface area contributed by atoms with Gasteiger partial charge < -0.3 is 19.6 Å². The number of β-amino-alcohol motifs (C(OH)–C–C–N with tert-alkyl or cyclic N) is 1. The maximum absolute atomic E-state index is 13.6. The Hall–Kier alpha value is -4.16. The molecule has 0 aromatic heterocycles. The molecule has 2 fully saturated rings. The average Bonchev–Trinajstić information content (AvgIpc) is 3.01. The fourth-order valence-corrected chi connectivity index (χ4v) is 7.94. The second-order valence-corrected chi connectivity index (χ2v) is 15.5. The minimum atomic E-state index is -0.978. The molecule has 47 heavy (non-hydrogen) atoms. The Morgan fingerprint density at radius 3 is 2.34 bits per heavy atom. The smallest absolute Gasteiger partial charge is 0.410 e. The van der Waals surface area contributed by atoms with Gasteiger partial charge in [0.25, 0.3) is 5.91 Å². The van der Waals surface area contributed by atoms with Crippen molar-refractivity contribution in [1.82, 2.24) is 14.7 Å². The number of amides is 2. The second kappa shape index (κ2) is 12.1. The molecule has 1 aliphatic carbocycles. The van der Waals surface area contributed by atoms with Crippen molar-refractivity contribution in [3.8, 4) is 0 Å². The lowest BCUT2D eigenvalue weighted by Gasteiger charge is -2.48. The lowest BCUT2D eigenvalue weighted by molar-refractivity contribution is -0.0168. The molecule has 6 rings (SSSR count).